The van der Waals surface area contributed by atoms with E-state index in [0.29, 0.717) is 17.8 Å². The van der Waals surface area contributed by atoms with Crippen molar-refractivity contribution in [3.63, 3.8) is 0 Å². The Bertz CT molecular complexity index is 992. The molecule has 8 heteroatoms. The van der Waals surface area contributed by atoms with Gasteiger partial charge in [-0.1, -0.05) is 19.1 Å². The molecule has 2 heterocycles. The van der Waals surface area contributed by atoms with Crippen LogP contribution in [0.1, 0.15) is 23.2 Å². The summed E-state index contributed by atoms with van der Waals surface area (Å²) in [5.41, 5.74) is 1.71. The molecule has 0 atom stereocenters. The van der Waals surface area contributed by atoms with Gasteiger partial charge in [0, 0.05) is 6.54 Å². The number of amides is 1. The molecule has 26 heavy (non-hydrogen) atoms. The number of hydrogen-bond acceptors (Lipinski definition) is 6. The third kappa shape index (κ3) is 3.75. The summed E-state index contributed by atoms with van der Waals surface area (Å²) >= 11 is 1.48. The summed E-state index contributed by atoms with van der Waals surface area (Å²) in [6.07, 6.45) is 0.764. The Hall–Kier alpha value is -2.74. The Labute approximate surface area is 154 Å². The highest BCUT2D eigenvalue weighted by atomic mass is 32.1. The van der Waals surface area contributed by atoms with Gasteiger partial charge in [-0.05, 0) is 31.0 Å². The Kier molecular flexibility index (Phi) is 5.32. The highest BCUT2D eigenvalue weighted by Gasteiger charge is 2.15. The maximum atomic E-state index is 12.5. The third-order valence-electron chi connectivity index (χ3n) is 3.95. The van der Waals surface area contributed by atoms with E-state index < -0.39 is 0 Å². The number of aryl methyl sites for hydroxylation is 2. The van der Waals surface area contributed by atoms with Gasteiger partial charge in [-0.2, -0.15) is 5.10 Å². The van der Waals surface area contributed by atoms with Crippen molar-refractivity contribution in [2.24, 2.45) is 0 Å². The zero-order valence-electron chi connectivity index (χ0n) is 14.9. The van der Waals surface area contributed by atoms with Gasteiger partial charge >= 0.3 is 0 Å². The first-order valence-electron chi connectivity index (χ1n) is 8.28. The quantitative estimate of drug-likeness (QED) is 0.716. The standard InChI is InChI=1S/C18H20N4O3S/c1-4-15-20-16-17(26-15)11(2)21-22(18(16)24)10-14(23)19-9-12-5-7-13(25-3)8-6-12/h5-8H,4,9-10H2,1-3H3,(H,19,23). The van der Waals surface area contributed by atoms with Crippen LogP contribution in [0.2, 0.25) is 0 Å². The predicted molar refractivity (Wildman–Crippen MR) is 101 cm³/mol. The van der Waals surface area contributed by atoms with Crippen LogP contribution in [0, 0.1) is 6.92 Å². The van der Waals surface area contributed by atoms with Crippen LogP contribution in [0.15, 0.2) is 29.1 Å². The minimum atomic E-state index is -0.332. The van der Waals surface area contributed by atoms with E-state index in [1.165, 1.54) is 16.0 Å². The number of benzene rings is 1. The Morgan fingerprint density at radius 3 is 2.69 bits per heavy atom. The molecule has 3 rings (SSSR count). The van der Waals surface area contributed by atoms with Gasteiger partial charge in [-0.15, -0.1) is 11.3 Å². The number of carbonyl (C=O) groups is 1. The molecule has 0 unspecified atom stereocenters. The maximum Gasteiger partial charge on any atom is 0.294 e. The SMILES string of the molecule is CCc1nc2c(=O)n(CC(=O)NCc3ccc(OC)cc3)nc(C)c2s1. The molecule has 0 radical (unpaired) electrons. The molecule has 136 valence electrons. The van der Waals surface area contributed by atoms with Crippen LogP contribution < -0.4 is 15.6 Å². The minimum absolute atomic E-state index is 0.134. The van der Waals surface area contributed by atoms with Crippen molar-refractivity contribution in [2.75, 3.05) is 7.11 Å². The van der Waals surface area contributed by atoms with Crippen LogP contribution in [0.4, 0.5) is 0 Å². The second-order valence-electron chi connectivity index (χ2n) is 5.81. The lowest BCUT2D eigenvalue weighted by Crippen LogP contribution is -2.33. The first-order chi connectivity index (χ1) is 12.5. The van der Waals surface area contributed by atoms with Gasteiger partial charge in [-0.3, -0.25) is 9.59 Å². The molecule has 0 saturated heterocycles. The van der Waals surface area contributed by atoms with Crippen LogP contribution in [0.25, 0.3) is 10.2 Å². The Balaban J connectivity index is 1.72. The number of carbonyl (C=O) groups excluding carboxylic acids is 1. The summed E-state index contributed by atoms with van der Waals surface area (Å²) in [6, 6.07) is 7.42. The summed E-state index contributed by atoms with van der Waals surface area (Å²) in [7, 11) is 1.60. The van der Waals surface area contributed by atoms with Gasteiger partial charge in [0.25, 0.3) is 5.56 Å². The molecule has 1 amide bonds. The van der Waals surface area contributed by atoms with Crippen molar-refractivity contribution in [3.05, 3.63) is 50.9 Å². The zero-order chi connectivity index (χ0) is 18.7. The van der Waals surface area contributed by atoms with Crippen LogP contribution in [-0.2, 0) is 24.3 Å². The highest BCUT2D eigenvalue weighted by Crippen LogP contribution is 2.21. The molecule has 0 bridgehead atoms. The van der Waals surface area contributed by atoms with E-state index in [4.69, 9.17) is 4.74 Å². The van der Waals surface area contributed by atoms with Crippen molar-refractivity contribution in [1.82, 2.24) is 20.1 Å². The van der Waals surface area contributed by atoms with Gasteiger partial charge in [0.15, 0.2) is 5.52 Å². The fourth-order valence-corrected chi connectivity index (χ4v) is 3.48. The predicted octanol–water partition coefficient (Wildman–Crippen LogP) is 2.05. The molecule has 2 aromatic heterocycles. The zero-order valence-corrected chi connectivity index (χ0v) is 15.7. The number of nitrogens with zero attached hydrogens (tertiary/aromatic N) is 3. The van der Waals surface area contributed by atoms with Crippen molar-refractivity contribution in [3.8, 4) is 5.75 Å². The lowest BCUT2D eigenvalue weighted by Gasteiger charge is -2.08. The average Bonchev–Trinajstić information content (AvgIpc) is 3.10. The first kappa shape index (κ1) is 18.1. The van der Waals surface area contributed by atoms with E-state index in [2.05, 4.69) is 15.4 Å². The van der Waals surface area contributed by atoms with Gasteiger partial charge in [0.05, 0.1) is 22.5 Å². The second kappa shape index (κ2) is 7.65. The minimum Gasteiger partial charge on any atom is -0.497 e. The number of methoxy groups -OCH3 is 1. The Morgan fingerprint density at radius 2 is 2.04 bits per heavy atom. The molecule has 0 fully saturated rings. The van der Waals surface area contributed by atoms with E-state index in [9.17, 15) is 9.59 Å². The fourth-order valence-electron chi connectivity index (χ4n) is 2.54. The molecule has 1 aromatic carbocycles. The molecular formula is C18H20N4O3S. The molecule has 0 saturated carbocycles. The van der Waals surface area contributed by atoms with E-state index in [1.807, 2.05) is 38.1 Å². The summed E-state index contributed by atoms with van der Waals surface area (Å²) < 4.78 is 7.08. The molecule has 3 aromatic rings. The van der Waals surface area contributed by atoms with E-state index in [0.717, 1.165) is 27.4 Å². The van der Waals surface area contributed by atoms with E-state index >= 15 is 0 Å². The molecule has 0 aliphatic carbocycles. The normalized spacial score (nSPS) is 10.9. The lowest BCUT2D eigenvalue weighted by molar-refractivity contribution is -0.122. The fraction of sp³-hybridized carbons (Fsp3) is 0.333. The first-order valence-corrected chi connectivity index (χ1v) is 9.10. The topological polar surface area (TPSA) is 86.1 Å². The number of thiazole rings is 1. The number of aromatic nitrogens is 3. The van der Waals surface area contributed by atoms with Gasteiger partial charge in [-0.25, -0.2) is 9.67 Å². The average molecular weight is 372 g/mol. The molecule has 0 aliphatic rings. The third-order valence-corrected chi connectivity index (χ3v) is 5.26. The van der Waals surface area contributed by atoms with Crippen molar-refractivity contribution in [1.29, 1.82) is 0 Å². The van der Waals surface area contributed by atoms with Crippen LogP contribution in [0.5, 0.6) is 5.75 Å². The highest BCUT2D eigenvalue weighted by molar-refractivity contribution is 7.18. The van der Waals surface area contributed by atoms with Crippen molar-refractivity contribution < 1.29 is 9.53 Å². The van der Waals surface area contributed by atoms with Crippen LogP contribution in [-0.4, -0.2) is 27.8 Å². The summed E-state index contributed by atoms with van der Waals surface area (Å²) in [5, 5.41) is 7.95. The molecule has 0 aliphatic heterocycles. The Morgan fingerprint density at radius 1 is 1.31 bits per heavy atom. The monoisotopic (exact) mass is 372 g/mol. The smallest absolute Gasteiger partial charge is 0.294 e. The van der Waals surface area contributed by atoms with Gasteiger partial charge in [0.1, 0.15) is 12.3 Å². The molecule has 0 spiro atoms. The molecular weight excluding hydrogens is 352 g/mol. The van der Waals surface area contributed by atoms with Crippen LogP contribution in [0.3, 0.4) is 0 Å². The number of rotatable bonds is 6. The van der Waals surface area contributed by atoms with E-state index in [1.54, 1.807) is 7.11 Å². The van der Waals surface area contributed by atoms with Crippen LogP contribution >= 0.6 is 11.3 Å². The van der Waals surface area contributed by atoms with Gasteiger partial charge < -0.3 is 10.1 Å². The number of fused-ring (bicyclic) bond motifs is 1. The lowest BCUT2D eigenvalue weighted by atomic mass is 10.2. The second-order valence-corrected chi connectivity index (χ2v) is 6.90. The maximum absolute atomic E-state index is 12.5. The van der Waals surface area contributed by atoms with E-state index in [-0.39, 0.29) is 18.0 Å². The molecule has 7 nitrogen and oxygen atoms in total. The number of nitrogens with one attached hydrogen (secondary N) is 1. The van der Waals surface area contributed by atoms with Crippen molar-refractivity contribution in [2.45, 2.75) is 33.4 Å². The summed E-state index contributed by atoms with van der Waals surface area (Å²) in [4.78, 5) is 29.1. The summed E-state index contributed by atoms with van der Waals surface area (Å²) in [6.45, 7) is 4.05. The van der Waals surface area contributed by atoms with Crippen molar-refractivity contribution >= 4 is 27.5 Å². The number of hydrogen-bond donors (Lipinski definition) is 1. The van der Waals surface area contributed by atoms with Gasteiger partial charge in [0.2, 0.25) is 5.91 Å². The largest absolute Gasteiger partial charge is 0.497 e. The number of ether oxygens (including phenoxy) is 1. The summed E-state index contributed by atoms with van der Waals surface area (Å²) in [5.74, 6) is 0.481. The molecule has 1 N–H and O–H groups in total.